The van der Waals surface area contributed by atoms with Gasteiger partial charge in [-0.15, -0.1) is 0 Å². The summed E-state index contributed by atoms with van der Waals surface area (Å²) in [6, 6.07) is 7.88. The lowest BCUT2D eigenvalue weighted by atomic mass is 9.99. The van der Waals surface area contributed by atoms with Crippen molar-refractivity contribution in [2.75, 3.05) is 18.0 Å². The molecule has 2 aliphatic carbocycles. The first kappa shape index (κ1) is 15.6. The summed E-state index contributed by atoms with van der Waals surface area (Å²) in [7, 11) is 0. The molecule has 24 heavy (non-hydrogen) atoms. The van der Waals surface area contributed by atoms with Crippen LogP contribution in [0.5, 0.6) is 0 Å². The minimum absolute atomic E-state index is 0.0793. The number of rotatable bonds is 3. The monoisotopic (exact) mass is 328 g/mol. The highest BCUT2D eigenvalue weighted by Crippen LogP contribution is 2.56. The number of para-hydroxylation sites is 1. The standard InChI is InChI=1S/C19H24N2O3/c22-16(13-5-1-2-6-13)11-20-17(23)18(24)21-12-19(9-10-19)14-7-3-4-8-15(14)21/h3-4,7-8,13,16,22H,1-2,5-6,9-12H2,(H,20,23). The van der Waals surface area contributed by atoms with E-state index in [0.29, 0.717) is 6.54 Å². The molecule has 1 atom stereocenters. The Hall–Kier alpha value is -1.88. The van der Waals surface area contributed by atoms with Gasteiger partial charge in [0, 0.05) is 24.2 Å². The molecule has 5 heteroatoms. The number of fused-ring (bicyclic) bond motifs is 2. The summed E-state index contributed by atoms with van der Waals surface area (Å²) in [6.07, 6.45) is 5.90. The predicted molar refractivity (Wildman–Crippen MR) is 90.7 cm³/mol. The van der Waals surface area contributed by atoms with Gasteiger partial charge < -0.3 is 15.3 Å². The lowest BCUT2D eigenvalue weighted by Gasteiger charge is -2.20. The second kappa shape index (κ2) is 5.88. The maximum Gasteiger partial charge on any atom is 0.316 e. The van der Waals surface area contributed by atoms with Crippen LogP contribution in [0.4, 0.5) is 5.69 Å². The molecular weight excluding hydrogens is 304 g/mol. The number of benzene rings is 1. The average Bonchev–Trinajstić information content (AvgIpc) is 3.05. The number of nitrogens with one attached hydrogen (secondary N) is 1. The number of hydrogen-bond acceptors (Lipinski definition) is 3. The summed E-state index contributed by atoms with van der Waals surface area (Å²) in [5.41, 5.74) is 2.14. The first-order chi connectivity index (χ1) is 11.6. The molecule has 0 radical (unpaired) electrons. The van der Waals surface area contributed by atoms with Crippen LogP contribution in [0.1, 0.15) is 44.1 Å². The van der Waals surface area contributed by atoms with E-state index < -0.39 is 17.9 Å². The van der Waals surface area contributed by atoms with E-state index >= 15 is 0 Å². The molecule has 2 fully saturated rings. The zero-order valence-electron chi connectivity index (χ0n) is 13.8. The highest BCUT2D eigenvalue weighted by Gasteiger charge is 2.53. The number of carbonyl (C=O) groups is 2. The topological polar surface area (TPSA) is 69.6 Å². The number of carbonyl (C=O) groups excluding carboxylic acids is 2. The molecule has 128 valence electrons. The van der Waals surface area contributed by atoms with Gasteiger partial charge in [0.1, 0.15) is 0 Å². The maximum absolute atomic E-state index is 12.6. The molecule has 1 spiro atoms. The van der Waals surface area contributed by atoms with Crippen LogP contribution in [-0.4, -0.2) is 36.1 Å². The van der Waals surface area contributed by atoms with Gasteiger partial charge in [0.05, 0.1) is 6.10 Å². The second-order valence-corrected chi connectivity index (χ2v) is 7.51. The Balaban J connectivity index is 1.40. The molecule has 1 unspecified atom stereocenters. The van der Waals surface area contributed by atoms with E-state index in [-0.39, 0.29) is 17.9 Å². The van der Waals surface area contributed by atoms with E-state index in [1.807, 2.05) is 18.2 Å². The van der Waals surface area contributed by atoms with Gasteiger partial charge in [-0.3, -0.25) is 9.59 Å². The largest absolute Gasteiger partial charge is 0.391 e. The zero-order valence-corrected chi connectivity index (χ0v) is 13.8. The van der Waals surface area contributed by atoms with Crippen LogP contribution in [0.15, 0.2) is 24.3 Å². The van der Waals surface area contributed by atoms with Crippen LogP contribution in [0.3, 0.4) is 0 Å². The molecule has 1 aromatic rings. The first-order valence-electron chi connectivity index (χ1n) is 8.98. The van der Waals surface area contributed by atoms with Crippen molar-refractivity contribution in [1.82, 2.24) is 5.32 Å². The lowest BCUT2D eigenvalue weighted by molar-refractivity contribution is -0.137. The van der Waals surface area contributed by atoms with E-state index in [4.69, 9.17) is 0 Å². The van der Waals surface area contributed by atoms with Crippen LogP contribution >= 0.6 is 0 Å². The van der Waals surface area contributed by atoms with Crippen molar-refractivity contribution in [3.63, 3.8) is 0 Å². The van der Waals surface area contributed by atoms with E-state index in [1.165, 1.54) is 5.56 Å². The maximum atomic E-state index is 12.6. The van der Waals surface area contributed by atoms with Gasteiger partial charge in [-0.25, -0.2) is 0 Å². The van der Waals surface area contributed by atoms with Crippen LogP contribution in [0, 0.1) is 5.92 Å². The third kappa shape index (κ3) is 2.61. The Kier molecular flexibility index (Phi) is 3.83. The van der Waals surface area contributed by atoms with Crippen molar-refractivity contribution in [3.8, 4) is 0 Å². The quantitative estimate of drug-likeness (QED) is 0.830. The summed E-state index contributed by atoms with van der Waals surface area (Å²) < 4.78 is 0. The number of aliphatic hydroxyl groups is 1. The molecule has 1 heterocycles. The molecule has 0 saturated heterocycles. The number of aliphatic hydroxyl groups excluding tert-OH is 1. The van der Waals surface area contributed by atoms with E-state index in [2.05, 4.69) is 11.4 Å². The summed E-state index contributed by atoms with van der Waals surface area (Å²) in [5, 5.41) is 12.8. The van der Waals surface area contributed by atoms with Crippen LogP contribution in [-0.2, 0) is 15.0 Å². The van der Waals surface area contributed by atoms with Gasteiger partial charge in [-0.2, -0.15) is 0 Å². The second-order valence-electron chi connectivity index (χ2n) is 7.51. The lowest BCUT2D eigenvalue weighted by Crippen LogP contribution is -2.46. The minimum Gasteiger partial charge on any atom is -0.391 e. The summed E-state index contributed by atoms with van der Waals surface area (Å²) in [6.45, 7) is 0.764. The number of nitrogens with zero attached hydrogens (tertiary/aromatic N) is 1. The fraction of sp³-hybridized carbons (Fsp3) is 0.579. The van der Waals surface area contributed by atoms with Crippen molar-refractivity contribution in [1.29, 1.82) is 0 Å². The van der Waals surface area contributed by atoms with Gasteiger partial charge >= 0.3 is 11.8 Å². The SMILES string of the molecule is O=C(NCC(O)C1CCCC1)C(=O)N1CC2(CC2)c2ccccc21. The van der Waals surface area contributed by atoms with Crippen LogP contribution in [0.25, 0.3) is 0 Å². The normalized spacial score (nSPS) is 22.5. The highest BCUT2D eigenvalue weighted by atomic mass is 16.3. The molecule has 2 N–H and O–H groups in total. The molecule has 2 amide bonds. The zero-order chi connectivity index (χ0) is 16.7. The molecule has 2 saturated carbocycles. The smallest absolute Gasteiger partial charge is 0.316 e. The predicted octanol–water partition coefficient (Wildman–Crippen LogP) is 1.73. The molecule has 0 bridgehead atoms. The van der Waals surface area contributed by atoms with Gasteiger partial charge in [0.2, 0.25) is 0 Å². The fourth-order valence-corrected chi connectivity index (χ4v) is 4.29. The van der Waals surface area contributed by atoms with E-state index in [9.17, 15) is 14.7 Å². The molecule has 1 aliphatic heterocycles. The van der Waals surface area contributed by atoms with Gasteiger partial charge in [0.25, 0.3) is 0 Å². The summed E-state index contributed by atoms with van der Waals surface area (Å²) >= 11 is 0. The fourth-order valence-electron chi connectivity index (χ4n) is 4.29. The van der Waals surface area contributed by atoms with Gasteiger partial charge in [0.15, 0.2) is 0 Å². The number of anilines is 1. The molecule has 1 aromatic carbocycles. The summed E-state index contributed by atoms with van der Waals surface area (Å²) in [4.78, 5) is 26.5. The van der Waals surface area contributed by atoms with Crippen molar-refractivity contribution < 1.29 is 14.7 Å². The molecule has 4 rings (SSSR count). The Bertz CT molecular complexity index is 662. The van der Waals surface area contributed by atoms with Crippen LogP contribution in [0.2, 0.25) is 0 Å². The van der Waals surface area contributed by atoms with Gasteiger partial charge in [-0.05, 0) is 43.2 Å². The summed E-state index contributed by atoms with van der Waals surface area (Å²) in [5.74, 6) is -0.868. The average molecular weight is 328 g/mol. The number of amides is 2. The highest BCUT2D eigenvalue weighted by molar-refractivity contribution is 6.40. The van der Waals surface area contributed by atoms with E-state index in [0.717, 1.165) is 44.2 Å². The minimum atomic E-state index is -0.612. The Morgan fingerprint density at radius 3 is 2.67 bits per heavy atom. The van der Waals surface area contributed by atoms with Crippen molar-refractivity contribution in [2.45, 2.75) is 50.0 Å². The van der Waals surface area contributed by atoms with Crippen molar-refractivity contribution >= 4 is 17.5 Å². The van der Waals surface area contributed by atoms with E-state index in [1.54, 1.807) is 4.90 Å². The molecule has 0 aromatic heterocycles. The van der Waals surface area contributed by atoms with Crippen LogP contribution < -0.4 is 10.2 Å². The Morgan fingerprint density at radius 1 is 1.25 bits per heavy atom. The first-order valence-corrected chi connectivity index (χ1v) is 8.98. The Morgan fingerprint density at radius 2 is 1.96 bits per heavy atom. The third-order valence-electron chi connectivity index (χ3n) is 5.94. The molecule has 5 nitrogen and oxygen atoms in total. The van der Waals surface area contributed by atoms with Gasteiger partial charge in [-0.1, -0.05) is 31.0 Å². The number of hydrogen-bond donors (Lipinski definition) is 2. The molecule has 3 aliphatic rings. The van der Waals surface area contributed by atoms with Crippen molar-refractivity contribution in [2.24, 2.45) is 5.92 Å². The Labute approximate surface area is 142 Å². The third-order valence-corrected chi connectivity index (χ3v) is 5.94. The molecular formula is C19H24N2O3. The van der Waals surface area contributed by atoms with Crippen molar-refractivity contribution in [3.05, 3.63) is 29.8 Å².